The van der Waals surface area contributed by atoms with E-state index in [0.29, 0.717) is 22.3 Å². The first kappa shape index (κ1) is 12.5. The zero-order chi connectivity index (χ0) is 13.4. The van der Waals surface area contributed by atoms with Crippen LogP contribution in [0.5, 0.6) is 11.6 Å². The van der Waals surface area contributed by atoms with Crippen LogP contribution < -0.4 is 4.74 Å². The molecule has 0 unspecified atom stereocenters. The summed E-state index contributed by atoms with van der Waals surface area (Å²) < 4.78 is 7.61. The first-order chi connectivity index (χ1) is 9.19. The van der Waals surface area contributed by atoms with Gasteiger partial charge in [-0.25, -0.2) is 0 Å². The second kappa shape index (κ2) is 4.85. The maximum absolute atomic E-state index is 9.46. The molecule has 2 heterocycles. The van der Waals surface area contributed by atoms with Crippen molar-refractivity contribution in [3.63, 3.8) is 0 Å². The Balaban J connectivity index is 2.02. The number of fused-ring (bicyclic) bond motifs is 1. The number of benzene rings is 1. The lowest BCUT2D eigenvalue weighted by Crippen LogP contribution is -1.94. The van der Waals surface area contributed by atoms with Gasteiger partial charge in [-0.15, -0.1) is 11.3 Å². The molecule has 1 N–H and O–H groups in total. The number of halogens is 1. The molecule has 0 spiro atoms. The Labute approximate surface area is 118 Å². The van der Waals surface area contributed by atoms with Crippen LogP contribution in [0.4, 0.5) is 0 Å². The van der Waals surface area contributed by atoms with Gasteiger partial charge >= 0.3 is 0 Å². The molecule has 2 aromatic heterocycles. The summed E-state index contributed by atoms with van der Waals surface area (Å²) in [5, 5.41) is 12.0. The van der Waals surface area contributed by atoms with Crippen molar-refractivity contribution >= 4 is 27.9 Å². The molecule has 0 aliphatic heterocycles. The average Bonchev–Trinajstić information content (AvgIpc) is 2.92. The van der Waals surface area contributed by atoms with Gasteiger partial charge in [0.15, 0.2) is 4.96 Å². The molecule has 0 atom stereocenters. The summed E-state index contributed by atoms with van der Waals surface area (Å²) >= 11 is 7.41. The van der Waals surface area contributed by atoms with E-state index >= 15 is 0 Å². The van der Waals surface area contributed by atoms with Gasteiger partial charge in [-0.2, -0.15) is 4.98 Å². The van der Waals surface area contributed by atoms with Crippen molar-refractivity contribution in [2.24, 2.45) is 0 Å². The van der Waals surface area contributed by atoms with Gasteiger partial charge in [0, 0.05) is 16.6 Å². The zero-order valence-corrected chi connectivity index (χ0v) is 11.7. The summed E-state index contributed by atoms with van der Waals surface area (Å²) in [6.07, 6.45) is 1.86. The van der Waals surface area contributed by atoms with E-state index in [2.05, 4.69) is 4.98 Å². The quantitative estimate of drug-likeness (QED) is 0.802. The predicted molar refractivity (Wildman–Crippen MR) is 75.3 cm³/mol. The second-order valence-electron chi connectivity index (χ2n) is 4.09. The van der Waals surface area contributed by atoms with Crippen molar-refractivity contribution in [1.82, 2.24) is 9.38 Å². The summed E-state index contributed by atoms with van der Waals surface area (Å²) in [6.45, 7) is 1.79. The maximum Gasteiger partial charge on any atom is 0.244 e. The number of rotatable bonds is 3. The molecule has 3 aromatic rings. The molecule has 0 aliphatic rings. The van der Waals surface area contributed by atoms with E-state index in [-0.39, 0.29) is 6.61 Å². The van der Waals surface area contributed by atoms with E-state index in [9.17, 15) is 5.11 Å². The Morgan fingerprint density at radius 3 is 3.05 bits per heavy atom. The van der Waals surface area contributed by atoms with Gasteiger partial charge in [0.05, 0.1) is 6.61 Å². The number of aryl methyl sites for hydroxylation is 1. The number of hydrogen-bond acceptors (Lipinski definition) is 4. The summed E-state index contributed by atoms with van der Waals surface area (Å²) in [5.74, 6) is 1.12. The highest BCUT2D eigenvalue weighted by Gasteiger charge is 2.15. The molecule has 0 aliphatic carbocycles. The van der Waals surface area contributed by atoms with E-state index in [1.807, 2.05) is 29.0 Å². The minimum Gasteiger partial charge on any atom is -0.437 e. The molecule has 0 fully saturated rings. The Morgan fingerprint density at radius 2 is 2.32 bits per heavy atom. The largest absolute Gasteiger partial charge is 0.437 e. The highest BCUT2D eigenvalue weighted by atomic mass is 35.5. The molecular formula is C13H11ClN2O2S. The SMILES string of the molecule is Cc1cc(Cl)ccc1Oc1nc2sccn2c1CO. The highest BCUT2D eigenvalue weighted by Crippen LogP contribution is 2.30. The Bertz CT molecular complexity index is 735. The minimum atomic E-state index is -0.125. The molecule has 98 valence electrons. The number of aliphatic hydroxyl groups is 1. The smallest absolute Gasteiger partial charge is 0.244 e. The molecule has 19 heavy (non-hydrogen) atoms. The lowest BCUT2D eigenvalue weighted by molar-refractivity contribution is 0.269. The van der Waals surface area contributed by atoms with Crippen LogP contribution in [0.1, 0.15) is 11.3 Å². The fourth-order valence-corrected chi connectivity index (χ4v) is 2.82. The summed E-state index contributed by atoms with van der Waals surface area (Å²) in [4.78, 5) is 5.17. The fraction of sp³-hybridized carbons (Fsp3) is 0.154. The van der Waals surface area contributed by atoms with Crippen molar-refractivity contribution in [1.29, 1.82) is 0 Å². The molecule has 3 rings (SSSR count). The molecule has 6 heteroatoms. The van der Waals surface area contributed by atoms with Crippen LogP contribution in [0.25, 0.3) is 4.96 Å². The molecule has 0 saturated heterocycles. The van der Waals surface area contributed by atoms with E-state index in [0.717, 1.165) is 10.5 Å². The number of ether oxygens (including phenoxy) is 1. The van der Waals surface area contributed by atoms with Crippen LogP contribution >= 0.6 is 22.9 Å². The predicted octanol–water partition coefficient (Wildman–Crippen LogP) is 3.64. The monoisotopic (exact) mass is 294 g/mol. The standard InChI is InChI=1S/C13H11ClN2O2S/c1-8-6-9(14)2-3-11(8)18-12-10(7-17)16-4-5-19-13(16)15-12/h2-6,17H,7H2,1H3. The van der Waals surface area contributed by atoms with Gasteiger partial charge in [0.1, 0.15) is 11.4 Å². The fourth-order valence-electron chi connectivity index (χ4n) is 1.87. The summed E-state index contributed by atoms with van der Waals surface area (Å²) in [5.41, 5.74) is 1.57. The van der Waals surface area contributed by atoms with Gasteiger partial charge in [-0.1, -0.05) is 11.6 Å². The number of hydrogen-bond donors (Lipinski definition) is 1. The van der Waals surface area contributed by atoms with Crippen LogP contribution in [0.15, 0.2) is 29.8 Å². The number of aromatic nitrogens is 2. The zero-order valence-electron chi connectivity index (χ0n) is 10.1. The van der Waals surface area contributed by atoms with E-state index in [1.54, 1.807) is 12.1 Å². The van der Waals surface area contributed by atoms with Crippen molar-refractivity contribution < 1.29 is 9.84 Å². The van der Waals surface area contributed by atoms with Crippen molar-refractivity contribution in [3.8, 4) is 11.6 Å². The van der Waals surface area contributed by atoms with E-state index < -0.39 is 0 Å². The normalized spacial score (nSPS) is 11.1. The molecule has 4 nitrogen and oxygen atoms in total. The molecular weight excluding hydrogens is 284 g/mol. The van der Waals surface area contributed by atoms with Crippen molar-refractivity contribution in [2.45, 2.75) is 13.5 Å². The van der Waals surface area contributed by atoms with Crippen molar-refractivity contribution in [2.75, 3.05) is 0 Å². The third-order valence-electron chi connectivity index (χ3n) is 2.82. The number of imidazole rings is 1. The Kier molecular flexibility index (Phi) is 3.18. The third kappa shape index (κ3) is 2.20. The lowest BCUT2D eigenvalue weighted by atomic mass is 10.2. The van der Waals surface area contributed by atoms with Crippen LogP contribution in [-0.2, 0) is 6.61 Å². The van der Waals surface area contributed by atoms with Gasteiger partial charge < -0.3 is 9.84 Å². The van der Waals surface area contributed by atoms with E-state index in [1.165, 1.54) is 11.3 Å². The van der Waals surface area contributed by atoms with E-state index in [4.69, 9.17) is 16.3 Å². The van der Waals surface area contributed by atoms with Crippen LogP contribution in [0.3, 0.4) is 0 Å². The minimum absolute atomic E-state index is 0.125. The lowest BCUT2D eigenvalue weighted by Gasteiger charge is -2.07. The molecule has 0 saturated carbocycles. The van der Waals surface area contributed by atoms with Gasteiger partial charge in [0.25, 0.3) is 0 Å². The summed E-state index contributed by atoms with van der Waals surface area (Å²) in [7, 11) is 0. The average molecular weight is 295 g/mol. The molecule has 0 radical (unpaired) electrons. The highest BCUT2D eigenvalue weighted by molar-refractivity contribution is 7.15. The molecule has 1 aromatic carbocycles. The number of aliphatic hydroxyl groups excluding tert-OH is 1. The van der Waals surface area contributed by atoms with Crippen LogP contribution in [-0.4, -0.2) is 14.5 Å². The Morgan fingerprint density at radius 1 is 1.47 bits per heavy atom. The topological polar surface area (TPSA) is 46.8 Å². The first-order valence-corrected chi connectivity index (χ1v) is 6.94. The number of thiazole rings is 1. The van der Waals surface area contributed by atoms with Crippen LogP contribution in [0.2, 0.25) is 5.02 Å². The maximum atomic E-state index is 9.46. The van der Waals surface area contributed by atoms with Crippen molar-refractivity contribution in [3.05, 3.63) is 46.1 Å². The van der Waals surface area contributed by atoms with Gasteiger partial charge in [0.2, 0.25) is 5.88 Å². The first-order valence-electron chi connectivity index (χ1n) is 5.68. The summed E-state index contributed by atoms with van der Waals surface area (Å²) in [6, 6.07) is 5.39. The second-order valence-corrected chi connectivity index (χ2v) is 5.40. The van der Waals surface area contributed by atoms with Gasteiger partial charge in [-0.3, -0.25) is 4.40 Å². The molecule has 0 amide bonds. The Hall–Kier alpha value is -1.56. The van der Waals surface area contributed by atoms with Gasteiger partial charge in [-0.05, 0) is 30.7 Å². The number of nitrogens with zero attached hydrogens (tertiary/aromatic N) is 2. The van der Waals surface area contributed by atoms with Crippen LogP contribution in [0, 0.1) is 6.92 Å². The molecule has 0 bridgehead atoms. The third-order valence-corrected chi connectivity index (χ3v) is 3.81.